The van der Waals surface area contributed by atoms with Gasteiger partial charge in [0.25, 0.3) is 0 Å². The Balaban J connectivity index is 1.67. The van der Waals surface area contributed by atoms with Gasteiger partial charge >= 0.3 is 0 Å². The Labute approximate surface area is 167 Å². The normalized spacial score (nSPS) is 15.2. The van der Waals surface area contributed by atoms with Gasteiger partial charge in [-0.3, -0.25) is 0 Å². The zero-order chi connectivity index (χ0) is 19.6. The molecule has 0 aliphatic heterocycles. The standard InChI is InChI=1S/C22H30N4O2/c1-2-15-27-19-12-6-7-13-20(19)28-21-17(9-8-14-24-21)16-25-22(23)26-18-10-4-3-5-11-18/h6-9,12-14,18H,2-5,10-11,15-16H2,1H3,(H3,23,25,26). The number of nitrogens with zero attached hydrogens (tertiary/aromatic N) is 2. The maximum atomic E-state index is 6.09. The topological polar surface area (TPSA) is 81.8 Å². The van der Waals surface area contributed by atoms with Crippen LogP contribution in [0.25, 0.3) is 0 Å². The van der Waals surface area contributed by atoms with Crippen molar-refractivity contribution in [2.24, 2.45) is 10.7 Å². The smallest absolute Gasteiger partial charge is 0.224 e. The largest absolute Gasteiger partial charge is 0.490 e. The van der Waals surface area contributed by atoms with Crippen LogP contribution in [0.3, 0.4) is 0 Å². The van der Waals surface area contributed by atoms with E-state index in [4.69, 9.17) is 15.2 Å². The first-order chi connectivity index (χ1) is 13.8. The highest BCUT2D eigenvalue weighted by molar-refractivity contribution is 5.78. The number of pyridine rings is 1. The van der Waals surface area contributed by atoms with Crippen molar-refractivity contribution in [3.8, 4) is 17.4 Å². The summed E-state index contributed by atoms with van der Waals surface area (Å²) in [6, 6.07) is 11.9. The molecular formula is C22H30N4O2. The number of ether oxygens (including phenoxy) is 2. The SMILES string of the molecule is CCCOc1ccccc1Oc1ncccc1CN=C(N)NC1CCCCC1. The van der Waals surface area contributed by atoms with Crippen LogP contribution in [0, 0.1) is 0 Å². The first kappa shape index (κ1) is 20.0. The van der Waals surface area contributed by atoms with Crippen LogP contribution in [-0.4, -0.2) is 23.6 Å². The van der Waals surface area contributed by atoms with Crippen molar-refractivity contribution in [2.45, 2.75) is 58.0 Å². The third-order valence-electron chi connectivity index (χ3n) is 4.74. The Morgan fingerprint density at radius 1 is 1.14 bits per heavy atom. The fourth-order valence-electron chi connectivity index (χ4n) is 3.28. The molecule has 1 aliphatic carbocycles. The fraction of sp³-hybridized carbons (Fsp3) is 0.455. The average Bonchev–Trinajstić information content (AvgIpc) is 2.73. The first-order valence-electron chi connectivity index (χ1n) is 10.2. The molecule has 1 heterocycles. The maximum Gasteiger partial charge on any atom is 0.224 e. The number of para-hydroxylation sites is 2. The van der Waals surface area contributed by atoms with E-state index in [1.807, 2.05) is 36.4 Å². The molecule has 0 saturated heterocycles. The molecule has 0 radical (unpaired) electrons. The summed E-state index contributed by atoms with van der Waals surface area (Å²) < 4.78 is 11.8. The zero-order valence-electron chi connectivity index (χ0n) is 16.6. The minimum absolute atomic E-state index is 0.409. The summed E-state index contributed by atoms with van der Waals surface area (Å²) in [5.41, 5.74) is 6.97. The highest BCUT2D eigenvalue weighted by Gasteiger charge is 2.14. The lowest BCUT2D eigenvalue weighted by atomic mass is 9.96. The lowest BCUT2D eigenvalue weighted by molar-refractivity contribution is 0.300. The number of guanidine groups is 1. The van der Waals surface area contributed by atoms with Crippen molar-refractivity contribution in [2.75, 3.05) is 6.61 Å². The number of nitrogens with two attached hydrogens (primary N) is 1. The van der Waals surface area contributed by atoms with E-state index in [1.54, 1.807) is 6.20 Å². The van der Waals surface area contributed by atoms with E-state index < -0.39 is 0 Å². The number of hydrogen-bond donors (Lipinski definition) is 2. The summed E-state index contributed by atoms with van der Waals surface area (Å²) >= 11 is 0. The van der Waals surface area contributed by atoms with Gasteiger partial charge in [-0.2, -0.15) is 0 Å². The molecule has 0 bridgehead atoms. The van der Waals surface area contributed by atoms with Crippen molar-refractivity contribution in [3.05, 3.63) is 48.2 Å². The molecule has 6 heteroatoms. The van der Waals surface area contributed by atoms with Crippen molar-refractivity contribution in [1.29, 1.82) is 0 Å². The molecule has 2 aromatic rings. The Hall–Kier alpha value is -2.76. The summed E-state index contributed by atoms with van der Waals surface area (Å²) in [6.07, 6.45) is 8.79. The van der Waals surface area contributed by atoms with Gasteiger partial charge in [0.05, 0.1) is 13.2 Å². The fourth-order valence-corrected chi connectivity index (χ4v) is 3.28. The third kappa shape index (κ3) is 5.87. The molecule has 3 rings (SSSR count). The minimum Gasteiger partial charge on any atom is -0.490 e. The van der Waals surface area contributed by atoms with E-state index in [1.165, 1.54) is 19.3 Å². The van der Waals surface area contributed by atoms with E-state index >= 15 is 0 Å². The van der Waals surface area contributed by atoms with Gasteiger partial charge in [0.1, 0.15) is 0 Å². The predicted octanol–water partition coefficient (Wildman–Crippen LogP) is 4.40. The molecule has 28 heavy (non-hydrogen) atoms. The number of aliphatic imine (C=N–C) groups is 1. The first-order valence-corrected chi connectivity index (χ1v) is 10.2. The van der Waals surface area contributed by atoms with Gasteiger partial charge in [0.15, 0.2) is 17.5 Å². The van der Waals surface area contributed by atoms with E-state index in [0.717, 1.165) is 24.8 Å². The lowest BCUT2D eigenvalue weighted by Gasteiger charge is -2.23. The molecule has 1 saturated carbocycles. The van der Waals surface area contributed by atoms with E-state index in [0.29, 0.717) is 42.5 Å². The van der Waals surface area contributed by atoms with E-state index in [9.17, 15) is 0 Å². The Morgan fingerprint density at radius 2 is 1.93 bits per heavy atom. The highest BCUT2D eigenvalue weighted by atomic mass is 16.5. The molecule has 0 unspecified atom stereocenters. The molecule has 150 valence electrons. The summed E-state index contributed by atoms with van der Waals surface area (Å²) in [5, 5.41) is 3.34. The Bertz CT molecular complexity index is 773. The van der Waals surface area contributed by atoms with Gasteiger partial charge in [-0.25, -0.2) is 9.98 Å². The zero-order valence-corrected chi connectivity index (χ0v) is 16.6. The van der Waals surface area contributed by atoms with Crippen LogP contribution in [-0.2, 0) is 6.54 Å². The van der Waals surface area contributed by atoms with Crippen LogP contribution in [0.4, 0.5) is 0 Å². The van der Waals surface area contributed by atoms with Crippen molar-refractivity contribution in [1.82, 2.24) is 10.3 Å². The summed E-state index contributed by atoms with van der Waals surface area (Å²) in [6.45, 7) is 3.12. The summed E-state index contributed by atoms with van der Waals surface area (Å²) in [5.74, 6) is 2.36. The molecule has 1 aliphatic rings. The molecule has 0 spiro atoms. The van der Waals surface area contributed by atoms with Gasteiger partial charge in [-0.15, -0.1) is 0 Å². The molecule has 1 aromatic heterocycles. The van der Waals surface area contributed by atoms with E-state index in [-0.39, 0.29) is 0 Å². The summed E-state index contributed by atoms with van der Waals surface area (Å²) in [4.78, 5) is 8.88. The molecular weight excluding hydrogens is 352 g/mol. The highest BCUT2D eigenvalue weighted by Crippen LogP contribution is 2.32. The number of nitrogens with one attached hydrogen (secondary N) is 1. The van der Waals surface area contributed by atoms with Gasteiger partial charge in [0, 0.05) is 17.8 Å². The summed E-state index contributed by atoms with van der Waals surface area (Å²) in [7, 11) is 0. The van der Waals surface area contributed by atoms with Crippen LogP contribution in [0.2, 0.25) is 0 Å². The molecule has 0 atom stereocenters. The van der Waals surface area contributed by atoms with Crippen LogP contribution < -0.4 is 20.5 Å². The molecule has 0 amide bonds. The number of aromatic nitrogens is 1. The molecule has 6 nitrogen and oxygen atoms in total. The maximum absolute atomic E-state index is 6.09. The van der Waals surface area contributed by atoms with Crippen molar-refractivity contribution in [3.63, 3.8) is 0 Å². The quantitative estimate of drug-likeness (QED) is 0.522. The lowest BCUT2D eigenvalue weighted by Crippen LogP contribution is -2.41. The molecule has 1 fully saturated rings. The minimum atomic E-state index is 0.409. The van der Waals surface area contributed by atoms with Crippen LogP contribution in [0.5, 0.6) is 17.4 Å². The number of rotatable bonds is 8. The van der Waals surface area contributed by atoms with Crippen LogP contribution in [0.1, 0.15) is 51.0 Å². The number of benzene rings is 1. The monoisotopic (exact) mass is 382 g/mol. The predicted molar refractivity (Wildman–Crippen MR) is 112 cm³/mol. The second-order valence-corrected chi connectivity index (χ2v) is 7.05. The van der Waals surface area contributed by atoms with Crippen molar-refractivity contribution < 1.29 is 9.47 Å². The number of hydrogen-bond acceptors (Lipinski definition) is 4. The second-order valence-electron chi connectivity index (χ2n) is 7.05. The average molecular weight is 383 g/mol. The van der Waals surface area contributed by atoms with Gasteiger partial charge < -0.3 is 20.5 Å². The molecule has 3 N–H and O–H groups in total. The molecule has 1 aromatic carbocycles. The van der Waals surface area contributed by atoms with E-state index in [2.05, 4.69) is 22.2 Å². The van der Waals surface area contributed by atoms with Crippen molar-refractivity contribution >= 4 is 5.96 Å². The second kappa shape index (κ2) is 10.5. The van der Waals surface area contributed by atoms with Gasteiger partial charge in [0.2, 0.25) is 5.88 Å². The van der Waals surface area contributed by atoms with Gasteiger partial charge in [-0.1, -0.05) is 44.4 Å². The van der Waals surface area contributed by atoms with Gasteiger partial charge in [-0.05, 0) is 37.5 Å². The third-order valence-corrected chi connectivity index (χ3v) is 4.74. The van der Waals surface area contributed by atoms with Crippen LogP contribution >= 0.6 is 0 Å². The Kier molecular flexibility index (Phi) is 7.53. The van der Waals surface area contributed by atoms with Crippen LogP contribution in [0.15, 0.2) is 47.6 Å². The Morgan fingerprint density at radius 3 is 2.71 bits per heavy atom.